The molecular formula is C18H17N3O3. The van der Waals surface area contributed by atoms with Crippen LogP contribution < -0.4 is 10.9 Å². The summed E-state index contributed by atoms with van der Waals surface area (Å²) in [6, 6.07) is 14.0. The van der Waals surface area contributed by atoms with Crippen LogP contribution in [0.4, 0.5) is 11.6 Å². The summed E-state index contributed by atoms with van der Waals surface area (Å²) in [5.41, 5.74) is 1.46. The predicted octanol–water partition coefficient (Wildman–Crippen LogP) is 3.23. The molecule has 1 heterocycles. The minimum atomic E-state index is -0.375. The van der Waals surface area contributed by atoms with Crippen molar-refractivity contribution in [1.82, 2.24) is 9.97 Å². The van der Waals surface area contributed by atoms with Gasteiger partial charge in [-0.05, 0) is 36.8 Å². The molecule has 3 aromatic rings. The summed E-state index contributed by atoms with van der Waals surface area (Å²) in [5, 5.41) is 3.54. The zero-order chi connectivity index (χ0) is 16.9. The van der Waals surface area contributed by atoms with Crippen molar-refractivity contribution in [3.8, 4) is 0 Å². The summed E-state index contributed by atoms with van der Waals surface area (Å²) in [6.07, 6.45) is 0.770. The lowest BCUT2D eigenvalue weighted by atomic mass is 10.2. The fourth-order valence-electron chi connectivity index (χ4n) is 2.28. The number of esters is 1. The van der Waals surface area contributed by atoms with Crippen LogP contribution in [0.15, 0.2) is 53.3 Å². The van der Waals surface area contributed by atoms with E-state index in [0.717, 1.165) is 6.42 Å². The Bertz CT molecular complexity index is 934. The molecule has 0 saturated heterocycles. The van der Waals surface area contributed by atoms with E-state index < -0.39 is 0 Å². The first-order chi connectivity index (χ1) is 11.7. The van der Waals surface area contributed by atoms with E-state index >= 15 is 0 Å². The normalized spacial score (nSPS) is 10.5. The van der Waals surface area contributed by atoms with E-state index in [1.807, 2.05) is 13.0 Å². The van der Waals surface area contributed by atoms with Crippen molar-refractivity contribution in [3.05, 3.63) is 64.4 Å². The molecule has 0 saturated carbocycles. The van der Waals surface area contributed by atoms with E-state index in [-0.39, 0.29) is 11.5 Å². The van der Waals surface area contributed by atoms with Gasteiger partial charge in [-0.2, -0.15) is 0 Å². The maximum absolute atomic E-state index is 12.1. The predicted molar refractivity (Wildman–Crippen MR) is 92.7 cm³/mol. The van der Waals surface area contributed by atoms with E-state index in [2.05, 4.69) is 15.3 Å². The number of hydrogen-bond acceptors (Lipinski definition) is 5. The van der Waals surface area contributed by atoms with E-state index in [9.17, 15) is 9.59 Å². The van der Waals surface area contributed by atoms with E-state index in [1.165, 1.54) is 0 Å². The van der Waals surface area contributed by atoms with E-state index in [0.29, 0.717) is 34.7 Å². The Hall–Kier alpha value is -3.15. The maximum atomic E-state index is 12.1. The zero-order valence-electron chi connectivity index (χ0n) is 13.2. The van der Waals surface area contributed by atoms with E-state index in [4.69, 9.17) is 4.74 Å². The second kappa shape index (κ2) is 6.95. The first-order valence-corrected chi connectivity index (χ1v) is 7.70. The quantitative estimate of drug-likeness (QED) is 0.704. The Balaban J connectivity index is 1.86. The van der Waals surface area contributed by atoms with Gasteiger partial charge in [-0.3, -0.25) is 9.78 Å². The zero-order valence-corrected chi connectivity index (χ0v) is 13.2. The smallest absolute Gasteiger partial charge is 0.338 e. The number of fused-ring (bicyclic) bond motifs is 1. The molecule has 2 aromatic carbocycles. The summed E-state index contributed by atoms with van der Waals surface area (Å²) >= 11 is 0. The van der Waals surface area contributed by atoms with Crippen molar-refractivity contribution >= 4 is 28.5 Å². The number of nitrogens with one attached hydrogen (secondary N) is 2. The van der Waals surface area contributed by atoms with Crippen LogP contribution in [0.1, 0.15) is 23.7 Å². The van der Waals surface area contributed by atoms with Crippen molar-refractivity contribution in [3.63, 3.8) is 0 Å². The van der Waals surface area contributed by atoms with Crippen molar-refractivity contribution in [2.24, 2.45) is 0 Å². The number of para-hydroxylation sites is 1. The number of carbonyl (C=O) groups excluding carboxylic acids is 1. The summed E-state index contributed by atoms with van der Waals surface area (Å²) < 4.78 is 5.12. The Morgan fingerprint density at radius 2 is 2.04 bits per heavy atom. The number of aromatic nitrogens is 2. The lowest BCUT2D eigenvalue weighted by Crippen LogP contribution is -2.11. The van der Waals surface area contributed by atoms with Crippen LogP contribution in [0.25, 0.3) is 10.9 Å². The monoisotopic (exact) mass is 323 g/mol. The average molecular weight is 323 g/mol. The summed E-state index contributed by atoms with van der Waals surface area (Å²) in [7, 11) is 0. The van der Waals surface area contributed by atoms with Gasteiger partial charge in [0.25, 0.3) is 5.56 Å². The molecule has 6 heteroatoms. The lowest BCUT2D eigenvalue weighted by Gasteiger charge is -2.08. The number of carbonyl (C=O) groups is 1. The van der Waals surface area contributed by atoms with Crippen LogP contribution in [0.2, 0.25) is 0 Å². The SMILES string of the molecule is CCCOC(=O)c1cccc(Nc2nc3ccccc3c(=O)[nH]2)c1. The molecule has 0 radical (unpaired) electrons. The molecule has 0 amide bonds. The van der Waals surface area contributed by atoms with Crippen molar-refractivity contribution < 1.29 is 9.53 Å². The van der Waals surface area contributed by atoms with Crippen LogP contribution in [0.5, 0.6) is 0 Å². The lowest BCUT2D eigenvalue weighted by molar-refractivity contribution is 0.0505. The van der Waals surface area contributed by atoms with Gasteiger partial charge in [0, 0.05) is 5.69 Å². The topological polar surface area (TPSA) is 84.1 Å². The molecule has 1 aromatic heterocycles. The highest BCUT2D eigenvalue weighted by molar-refractivity contribution is 5.90. The van der Waals surface area contributed by atoms with Crippen LogP contribution in [-0.4, -0.2) is 22.5 Å². The third-order valence-electron chi connectivity index (χ3n) is 3.41. The number of ether oxygens (including phenoxy) is 1. The summed E-state index contributed by atoms with van der Waals surface area (Å²) in [4.78, 5) is 31.0. The van der Waals surface area contributed by atoms with E-state index in [1.54, 1.807) is 42.5 Å². The van der Waals surface area contributed by atoms with Crippen molar-refractivity contribution in [2.45, 2.75) is 13.3 Å². The van der Waals surface area contributed by atoms with Crippen molar-refractivity contribution in [2.75, 3.05) is 11.9 Å². The molecule has 0 bridgehead atoms. The first kappa shape index (κ1) is 15.7. The molecule has 0 unspecified atom stereocenters. The largest absolute Gasteiger partial charge is 0.462 e. The third-order valence-corrected chi connectivity index (χ3v) is 3.41. The highest BCUT2D eigenvalue weighted by Crippen LogP contribution is 2.16. The number of rotatable bonds is 5. The Morgan fingerprint density at radius 3 is 2.88 bits per heavy atom. The Kier molecular flexibility index (Phi) is 4.56. The van der Waals surface area contributed by atoms with Gasteiger partial charge in [0.05, 0.1) is 23.1 Å². The number of benzene rings is 2. The molecule has 0 aliphatic carbocycles. The van der Waals surface area contributed by atoms with Gasteiger partial charge in [-0.1, -0.05) is 25.1 Å². The molecule has 2 N–H and O–H groups in total. The molecule has 0 atom stereocenters. The fourth-order valence-corrected chi connectivity index (χ4v) is 2.28. The second-order valence-corrected chi connectivity index (χ2v) is 5.27. The molecule has 0 aliphatic rings. The number of anilines is 2. The number of nitrogens with zero attached hydrogens (tertiary/aromatic N) is 1. The standard InChI is InChI=1S/C18H17N3O3/c1-2-10-24-17(23)12-6-5-7-13(11-12)19-18-20-15-9-4-3-8-14(15)16(22)21-18/h3-9,11H,2,10H2,1H3,(H2,19,20,21,22). The fraction of sp³-hybridized carbons (Fsp3) is 0.167. The molecule has 122 valence electrons. The highest BCUT2D eigenvalue weighted by Gasteiger charge is 2.08. The minimum absolute atomic E-state index is 0.221. The van der Waals surface area contributed by atoms with Gasteiger partial charge in [0.15, 0.2) is 0 Å². The van der Waals surface area contributed by atoms with Gasteiger partial charge < -0.3 is 10.1 Å². The molecule has 24 heavy (non-hydrogen) atoms. The number of hydrogen-bond donors (Lipinski definition) is 2. The van der Waals surface area contributed by atoms with Gasteiger partial charge >= 0.3 is 5.97 Å². The first-order valence-electron chi connectivity index (χ1n) is 7.70. The highest BCUT2D eigenvalue weighted by atomic mass is 16.5. The Morgan fingerprint density at radius 1 is 1.21 bits per heavy atom. The van der Waals surface area contributed by atoms with Gasteiger partial charge in [0.2, 0.25) is 5.95 Å². The van der Waals surface area contributed by atoms with Gasteiger partial charge in [-0.25, -0.2) is 9.78 Å². The third kappa shape index (κ3) is 3.43. The average Bonchev–Trinajstić information content (AvgIpc) is 2.60. The molecular weight excluding hydrogens is 306 g/mol. The van der Waals surface area contributed by atoms with Gasteiger partial charge in [0.1, 0.15) is 0 Å². The molecule has 0 aliphatic heterocycles. The van der Waals surface area contributed by atoms with Gasteiger partial charge in [-0.15, -0.1) is 0 Å². The summed E-state index contributed by atoms with van der Waals surface area (Å²) in [5.74, 6) is -0.0572. The number of aromatic amines is 1. The minimum Gasteiger partial charge on any atom is -0.462 e. The molecule has 0 spiro atoms. The molecule has 6 nitrogen and oxygen atoms in total. The Labute approximate surface area is 138 Å². The van der Waals surface area contributed by atoms with Crippen LogP contribution in [0.3, 0.4) is 0 Å². The number of H-pyrrole nitrogens is 1. The van der Waals surface area contributed by atoms with Crippen LogP contribution >= 0.6 is 0 Å². The maximum Gasteiger partial charge on any atom is 0.338 e. The molecule has 0 fully saturated rings. The van der Waals surface area contributed by atoms with Crippen LogP contribution in [-0.2, 0) is 4.74 Å². The second-order valence-electron chi connectivity index (χ2n) is 5.27. The van der Waals surface area contributed by atoms with Crippen LogP contribution in [0, 0.1) is 0 Å². The molecule has 3 rings (SSSR count). The summed E-state index contributed by atoms with van der Waals surface area (Å²) in [6.45, 7) is 2.32. The van der Waals surface area contributed by atoms with Crippen molar-refractivity contribution in [1.29, 1.82) is 0 Å².